The molecule has 1 atom stereocenters. The summed E-state index contributed by atoms with van der Waals surface area (Å²) in [5, 5.41) is 12.2. The number of rotatable bonds is 4. The topological polar surface area (TPSA) is 81.0 Å². The molecule has 150 valence electrons. The number of amides is 1. The van der Waals surface area contributed by atoms with Crippen LogP contribution in [0.2, 0.25) is 5.02 Å². The predicted octanol–water partition coefficient (Wildman–Crippen LogP) is 2.64. The van der Waals surface area contributed by atoms with E-state index in [1.807, 2.05) is 28.7 Å². The van der Waals surface area contributed by atoms with Crippen LogP contribution in [-0.4, -0.2) is 40.4 Å². The van der Waals surface area contributed by atoms with E-state index in [2.05, 4.69) is 20.4 Å². The van der Waals surface area contributed by atoms with Crippen molar-refractivity contribution < 1.29 is 14.3 Å². The van der Waals surface area contributed by atoms with Gasteiger partial charge in [0.15, 0.2) is 17.1 Å². The lowest BCUT2D eigenvalue weighted by Crippen LogP contribution is -2.43. The minimum absolute atomic E-state index is 0.0409. The molecule has 8 nitrogen and oxygen atoms in total. The molecule has 2 aliphatic heterocycles. The molecule has 2 aliphatic rings. The highest BCUT2D eigenvalue weighted by Gasteiger charge is 2.28. The lowest BCUT2D eigenvalue weighted by Gasteiger charge is -2.32. The third-order valence-corrected chi connectivity index (χ3v) is 5.55. The van der Waals surface area contributed by atoms with Gasteiger partial charge in [0.05, 0.1) is 10.9 Å². The molecule has 1 fully saturated rings. The number of anilines is 1. The van der Waals surface area contributed by atoms with E-state index in [4.69, 9.17) is 21.1 Å². The standard InChI is InChI=1S/C20H20ClN5O3/c21-15-4-6-18-23-24-20(26(18)11-15)25-7-1-2-14(10-25)19(27)22-9-13-3-5-16-17(8-13)29-12-28-16/h3-6,8,11,14H,1-2,7,9-10,12H2,(H,22,27)/t14-/m0/s1. The summed E-state index contributed by atoms with van der Waals surface area (Å²) in [6.45, 7) is 2.13. The zero-order valence-corrected chi connectivity index (χ0v) is 16.4. The normalized spacial score (nSPS) is 18.2. The first-order valence-electron chi connectivity index (χ1n) is 9.59. The zero-order chi connectivity index (χ0) is 19.8. The maximum atomic E-state index is 12.8. The number of ether oxygens (including phenoxy) is 2. The molecule has 0 saturated carbocycles. The number of aromatic nitrogens is 3. The van der Waals surface area contributed by atoms with Crippen molar-refractivity contribution in [3.63, 3.8) is 0 Å². The van der Waals surface area contributed by atoms with Gasteiger partial charge in [-0.25, -0.2) is 0 Å². The Kier molecular flexibility index (Phi) is 4.63. The Morgan fingerprint density at radius 2 is 2.10 bits per heavy atom. The quantitative estimate of drug-likeness (QED) is 0.708. The second-order valence-corrected chi connectivity index (χ2v) is 7.70. The van der Waals surface area contributed by atoms with Crippen LogP contribution in [-0.2, 0) is 11.3 Å². The van der Waals surface area contributed by atoms with Crippen molar-refractivity contribution in [3.8, 4) is 11.5 Å². The van der Waals surface area contributed by atoms with Crippen LogP contribution >= 0.6 is 11.6 Å². The molecule has 29 heavy (non-hydrogen) atoms. The molecule has 1 saturated heterocycles. The fourth-order valence-electron chi connectivity index (χ4n) is 3.83. The van der Waals surface area contributed by atoms with E-state index in [0.717, 1.165) is 48.0 Å². The second-order valence-electron chi connectivity index (χ2n) is 7.27. The molecule has 5 rings (SSSR count). The van der Waals surface area contributed by atoms with Crippen LogP contribution in [0.3, 0.4) is 0 Å². The van der Waals surface area contributed by atoms with Crippen LogP contribution in [0.15, 0.2) is 36.5 Å². The number of hydrogen-bond acceptors (Lipinski definition) is 6. The first-order chi connectivity index (χ1) is 14.2. The van der Waals surface area contributed by atoms with Crippen LogP contribution in [0, 0.1) is 5.92 Å². The number of nitrogens with one attached hydrogen (secondary N) is 1. The van der Waals surface area contributed by atoms with Crippen molar-refractivity contribution in [2.75, 3.05) is 24.8 Å². The SMILES string of the molecule is O=C(NCc1ccc2c(c1)OCO2)[C@H]1CCCN(c2nnc3ccc(Cl)cn23)C1. The van der Waals surface area contributed by atoms with Gasteiger partial charge in [-0.1, -0.05) is 17.7 Å². The van der Waals surface area contributed by atoms with Gasteiger partial charge in [-0.15, -0.1) is 10.2 Å². The molecule has 0 bridgehead atoms. The highest BCUT2D eigenvalue weighted by molar-refractivity contribution is 6.30. The Bertz CT molecular complexity index is 1070. The van der Waals surface area contributed by atoms with Crippen molar-refractivity contribution in [1.82, 2.24) is 19.9 Å². The Hall–Kier alpha value is -3.00. The Labute approximate surface area is 172 Å². The van der Waals surface area contributed by atoms with Gasteiger partial charge in [0.2, 0.25) is 18.6 Å². The molecule has 0 spiro atoms. The molecular formula is C20H20ClN5O3. The Morgan fingerprint density at radius 3 is 3.03 bits per heavy atom. The number of benzene rings is 1. The average molecular weight is 414 g/mol. The molecule has 4 heterocycles. The number of carbonyl (C=O) groups is 1. The van der Waals surface area contributed by atoms with Gasteiger partial charge in [0.25, 0.3) is 0 Å². The Morgan fingerprint density at radius 1 is 1.21 bits per heavy atom. The van der Waals surface area contributed by atoms with Crippen molar-refractivity contribution in [2.45, 2.75) is 19.4 Å². The summed E-state index contributed by atoms with van der Waals surface area (Å²) in [4.78, 5) is 14.9. The maximum absolute atomic E-state index is 12.8. The molecule has 1 aromatic carbocycles. The molecule has 9 heteroatoms. The van der Waals surface area contributed by atoms with Crippen molar-refractivity contribution in [2.24, 2.45) is 5.92 Å². The Balaban J connectivity index is 1.25. The van der Waals surface area contributed by atoms with Gasteiger partial charge < -0.3 is 19.7 Å². The first-order valence-corrected chi connectivity index (χ1v) is 9.97. The number of piperidine rings is 1. The summed E-state index contributed by atoms with van der Waals surface area (Å²) in [6, 6.07) is 9.33. The van der Waals surface area contributed by atoms with E-state index >= 15 is 0 Å². The molecular weight excluding hydrogens is 394 g/mol. The van der Waals surface area contributed by atoms with Crippen LogP contribution in [0.5, 0.6) is 11.5 Å². The van der Waals surface area contributed by atoms with Gasteiger partial charge in [0.1, 0.15) is 0 Å². The highest BCUT2D eigenvalue weighted by atomic mass is 35.5. The third-order valence-electron chi connectivity index (χ3n) is 5.33. The summed E-state index contributed by atoms with van der Waals surface area (Å²) in [5.41, 5.74) is 1.71. The van der Waals surface area contributed by atoms with E-state index in [1.54, 1.807) is 12.3 Å². The summed E-state index contributed by atoms with van der Waals surface area (Å²) in [5.74, 6) is 2.11. The van der Waals surface area contributed by atoms with E-state index in [1.165, 1.54) is 0 Å². The van der Waals surface area contributed by atoms with Gasteiger partial charge in [-0.3, -0.25) is 9.20 Å². The number of hydrogen-bond donors (Lipinski definition) is 1. The zero-order valence-electron chi connectivity index (χ0n) is 15.7. The second kappa shape index (κ2) is 7.44. The molecule has 1 amide bonds. The third kappa shape index (κ3) is 3.55. The van der Waals surface area contributed by atoms with E-state index in [9.17, 15) is 4.79 Å². The molecule has 2 aromatic heterocycles. The summed E-state index contributed by atoms with van der Waals surface area (Å²) < 4.78 is 12.6. The fraction of sp³-hybridized carbons (Fsp3) is 0.350. The summed E-state index contributed by atoms with van der Waals surface area (Å²) in [7, 11) is 0. The molecule has 0 radical (unpaired) electrons. The minimum Gasteiger partial charge on any atom is -0.454 e. The van der Waals surface area contributed by atoms with Crippen LogP contribution in [0.4, 0.5) is 5.95 Å². The lowest BCUT2D eigenvalue weighted by atomic mass is 9.97. The molecule has 0 aliphatic carbocycles. The monoisotopic (exact) mass is 413 g/mol. The average Bonchev–Trinajstić information content (AvgIpc) is 3.38. The molecule has 3 aromatic rings. The van der Waals surface area contributed by atoms with Crippen LogP contribution in [0.25, 0.3) is 5.65 Å². The van der Waals surface area contributed by atoms with Crippen molar-refractivity contribution in [1.29, 1.82) is 0 Å². The summed E-state index contributed by atoms with van der Waals surface area (Å²) in [6.07, 6.45) is 3.56. The largest absolute Gasteiger partial charge is 0.454 e. The van der Waals surface area contributed by atoms with E-state index in [-0.39, 0.29) is 18.6 Å². The number of nitrogens with zero attached hydrogens (tertiary/aromatic N) is 4. The number of fused-ring (bicyclic) bond motifs is 2. The number of carbonyl (C=O) groups excluding carboxylic acids is 1. The van der Waals surface area contributed by atoms with E-state index in [0.29, 0.717) is 18.1 Å². The van der Waals surface area contributed by atoms with Gasteiger partial charge in [0, 0.05) is 25.8 Å². The van der Waals surface area contributed by atoms with Gasteiger partial charge >= 0.3 is 0 Å². The maximum Gasteiger partial charge on any atom is 0.231 e. The van der Waals surface area contributed by atoms with Crippen LogP contribution < -0.4 is 19.7 Å². The van der Waals surface area contributed by atoms with E-state index < -0.39 is 0 Å². The highest BCUT2D eigenvalue weighted by Crippen LogP contribution is 2.32. The predicted molar refractivity (Wildman–Crippen MR) is 107 cm³/mol. The summed E-state index contributed by atoms with van der Waals surface area (Å²) >= 11 is 6.12. The van der Waals surface area contributed by atoms with Crippen molar-refractivity contribution in [3.05, 3.63) is 47.1 Å². The van der Waals surface area contributed by atoms with Crippen molar-refractivity contribution >= 4 is 29.1 Å². The minimum atomic E-state index is -0.107. The smallest absolute Gasteiger partial charge is 0.231 e. The lowest BCUT2D eigenvalue weighted by molar-refractivity contribution is -0.125. The fourth-order valence-corrected chi connectivity index (χ4v) is 3.99. The first kappa shape index (κ1) is 18.1. The number of halogens is 1. The van der Waals surface area contributed by atoms with Crippen LogP contribution in [0.1, 0.15) is 18.4 Å². The number of pyridine rings is 1. The molecule has 1 N–H and O–H groups in total. The van der Waals surface area contributed by atoms with Gasteiger partial charge in [-0.2, -0.15) is 0 Å². The van der Waals surface area contributed by atoms with Gasteiger partial charge in [-0.05, 0) is 42.7 Å². The molecule has 0 unspecified atom stereocenters.